The van der Waals surface area contributed by atoms with Crippen LogP contribution in [0.5, 0.6) is 0 Å². The fourth-order valence-corrected chi connectivity index (χ4v) is 6.25. The fraction of sp³-hybridized carbons (Fsp3) is 0.606. The lowest BCUT2D eigenvalue weighted by atomic mass is 9.62. The fourth-order valence-electron chi connectivity index (χ4n) is 6.25. The van der Waals surface area contributed by atoms with Crippen molar-refractivity contribution in [2.75, 3.05) is 33.2 Å². The van der Waals surface area contributed by atoms with Crippen molar-refractivity contribution in [3.63, 3.8) is 0 Å². The second-order valence-corrected chi connectivity index (χ2v) is 11.9. The summed E-state index contributed by atoms with van der Waals surface area (Å²) in [7, 11) is 1.89. The molecule has 2 saturated carbocycles. The lowest BCUT2D eigenvalue weighted by Gasteiger charge is -2.43. The minimum absolute atomic E-state index is 0.119. The molecule has 5 rings (SSSR count). The van der Waals surface area contributed by atoms with Gasteiger partial charge in [0, 0.05) is 25.4 Å². The second kappa shape index (κ2) is 11.9. The van der Waals surface area contributed by atoms with Gasteiger partial charge in [-0.3, -0.25) is 4.79 Å². The van der Waals surface area contributed by atoms with Gasteiger partial charge in [-0.2, -0.15) is 0 Å². The van der Waals surface area contributed by atoms with E-state index >= 15 is 0 Å². The number of hydrogen-bond donors (Lipinski definition) is 0. The summed E-state index contributed by atoms with van der Waals surface area (Å²) in [6.07, 6.45) is 12.7. The maximum absolute atomic E-state index is 12.1. The average molecular weight is 489 g/mol. The van der Waals surface area contributed by atoms with E-state index in [1.807, 2.05) is 18.9 Å². The van der Waals surface area contributed by atoms with Crippen LogP contribution in [0, 0.1) is 13.8 Å². The van der Waals surface area contributed by atoms with Gasteiger partial charge in [0.05, 0.1) is 0 Å². The van der Waals surface area contributed by atoms with E-state index in [4.69, 9.17) is 0 Å². The van der Waals surface area contributed by atoms with Crippen LogP contribution in [0.25, 0.3) is 0 Å². The number of carbonyl (C=O) groups excluding carboxylic acids is 1. The third kappa shape index (κ3) is 6.22. The van der Waals surface area contributed by atoms with E-state index < -0.39 is 0 Å². The van der Waals surface area contributed by atoms with Crippen molar-refractivity contribution < 1.29 is 4.79 Å². The molecule has 1 heterocycles. The normalized spacial score (nSPS) is 20.0. The molecular weight excluding hydrogens is 440 g/mol. The third-order valence-electron chi connectivity index (χ3n) is 9.44. The average Bonchev–Trinajstić information content (AvgIpc) is 3.36. The molecule has 0 aromatic heterocycles. The lowest BCUT2D eigenvalue weighted by Crippen LogP contribution is -2.40. The molecule has 3 heteroatoms. The van der Waals surface area contributed by atoms with Crippen LogP contribution < -0.4 is 0 Å². The molecule has 3 aliphatic rings. The summed E-state index contributed by atoms with van der Waals surface area (Å²) in [5.74, 6) is 0.276. The monoisotopic (exact) mass is 488 g/mol. The summed E-state index contributed by atoms with van der Waals surface area (Å²) in [6.45, 7) is 11.1. The van der Waals surface area contributed by atoms with Gasteiger partial charge in [0.15, 0.2) is 0 Å². The van der Waals surface area contributed by atoms with E-state index in [0.29, 0.717) is 11.8 Å². The molecule has 2 aromatic carbocycles. The summed E-state index contributed by atoms with van der Waals surface area (Å²) >= 11 is 0. The van der Waals surface area contributed by atoms with Crippen molar-refractivity contribution >= 4 is 5.91 Å². The van der Waals surface area contributed by atoms with Gasteiger partial charge in [-0.15, -0.1) is 0 Å². The molecule has 1 aliphatic heterocycles. The predicted octanol–water partition coefficient (Wildman–Crippen LogP) is 7.19. The maximum atomic E-state index is 12.1. The molecular formula is C33H48N2O. The topological polar surface area (TPSA) is 23.6 Å². The van der Waals surface area contributed by atoms with Crippen LogP contribution in [-0.4, -0.2) is 48.9 Å². The van der Waals surface area contributed by atoms with Crippen LogP contribution in [0.2, 0.25) is 0 Å². The van der Waals surface area contributed by atoms with Crippen LogP contribution in [-0.2, 0) is 15.6 Å². The SMILES string of the molecule is CCN(C)C(=O)CC1(c2ccc(C)cc2)CCC1.Cc1ccc(C2(CCN3CCCC3)CCC2)cc1. The number of nitrogens with zero attached hydrogens (tertiary/aromatic N) is 2. The minimum atomic E-state index is 0.119. The Morgan fingerprint density at radius 1 is 0.778 bits per heavy atom. The van der Waals surface area contributed by atoms with Gasteiger partial charge in [-0.05, 0) is 102 Å². The number of carbonyl (C=O) groups is 1. The van der Waals surface area contributed by atoms with Gasteiger partial charge >= 0.3 is 0 Å². The number of benzene rings is 2. The highest BCUT2D eigenvalue weighted by molar-refractivity contribution is 5.77. The van der Waals surface area contributed by atoms with Crippen molar-refractivity contribution in [3.8, 4) is 0 Å². The van der Waals surface area contributed by atoms with E-state index in [1.165, 1.54) is 81.3 Å². The molecule has 2 aliphatic carbocycles. The first-order valence-corrected chi connectivity index (χ1v) is 14.5. The third-order valence-corrected chi connectivity index (χ3v) is 9.44. The summed E-state index contributed by atoms with van der Waals surface area (Å²) in [4.78, 5) is 16.6. The van der Waals surface area contributed by atoms with Crippen molar-refractivity contribution in [2.24, 2.45) is 0 Å². The van der Waals surface area contributed by atoms with E-state index in [1.54, 1.807) is 5.56 Å². The van der Waals surface area contributed by atoms with Crippen molar-refractivity contribution in [3.05, 3.63) is 70.8 Å². The Morgan fingerprint density at radius 3 is 1.67 bits per heavy atom. The first-order chi connectivity index (χ1) is 17.4. The molecule has 36 heavy (non-hydrogen) atoms. The second-order valence-electron chi connectivity index (χ2n) is 11.9. The largest absolute Gasteiger partial charge is 0.346 e. The minimum Gasteiger partial charge on any atom is -0.346 e. The van der Waals surface area contributed by atoms with Crippen LogP contribution in [0.4, 0.5) is 0 Å². The molecule has 0 spiro atoms. The first-order valence-electron chi connectivity index (χ1n) is 14.5. The smallest absolute Gasteiger partial charge is 0.223 e. The maximum Gasteiger partial charge on any atom is 0.223 e. The molecule has 0 radical (unpaired) electrons. The Kier molecular flexibility index (Phi) is 8.93. The number of likely N-dealkylation sites (tertiary alicyclic amines) is 1. The highest BCUT2D eigenvalue weighted by Gasteiger charge is 2.41. The van der Waals surface area contributed by atoms with Crippen molar-refractivity contribution in [1.82, 2.24) is 9.80 Å². The summed E-state index contributed by atoms with van der Waals surface area (Å²) in [5.41, 5.74) is 6.25. The molecule has 0 atom stereocenters. The van der Waals surface area contributed by atoms with Crippen molar-refractivity contribution in [1.29, 1.82) is 0 Å². The predicted molar refractivity (Wildman–Crippen MR) is 152 cm³/mol. The summed E-state index contributed by atoms with van der Waals surface area (Å²) in [5, 5.41) is 0. The number of hydrogen-bond acceptors (Lipinski definition) is 2. The van der Waals surface area contributed by atoms with Gasteiger partial charge in [-0.25, -0.2) is 0 Å². The van der Waals surface area contributed by atoms with E-state index in [2.05, 4.69) is 67.3 Å². The molecule has 0 bridgehead atoms. The highest BCUT2D eigenvalue weighted by atomic mass is 16.2. The Bertz CT molecular complexity index is 964. The standard InChI is InChI=1S/C17H25N.C16H23NO/c1-15-5-7-16(8-6-15)17(9-4-10-17)11-14-18-12-2-3-13-18;1-4-17(3)15(18)12-16(10-5-11-16)14-8-6-13(2)7-9-14/h5-8H,2-4,9-14H2,1H3;6-9H,4-5,10-12H2,1-3H3. The van der Waals surface area contributed by atoms with Gasteiger partial charge in [-0.1, -0.05) is 72.5 Å². The number of rotatable bonds is 8. The van der Waals surface area contributed by atoms with E-state index in [-0.39, 0.29) is 11.3 Å². The Morgan fingerprint density at radius 2 is 1.25 bits per heavy atom. The lowest BCUT2D eigenvalue weighted by molar-refractivity contribution is -0.132. The van der Waals surface area contributed by atoms with Crippen LogP contribution in [0.1, 0.15) is 93.4 Å². The molecule has 1 saturated heterocycles. The Labute approximate surface area is 220 Å². The molecule has 196 valence electrons. The van der Waals surface area contributed by atoms with Crippen LogP contribution in [0.3, 0.4) is 0 Å². The molecule has 0 unspecified atom stereocenters. The van der Waals surface area contributed by atoms with Crippen LogP contribution in [0.15, 0.2) is 48.5 Å². The first kappa shape index (κ1) is 26.9. The van der Waals surface area contributed by atoms with Gasteiger partial charge in [0.25, 0.3) is 0 Å². The molecule has 0 N–H and O–H groups in total. The molecule has 1 amide bonds. The Balaban J connectivity index is 0.000000169. The summed E-state index contributed by atoms with van der Waals surface area (Å²) in [6, 6.07) is 18.0. The molecule has 3 fully saturated rings. The van der Waals surface area contributed by atoms with E-state index in [9.17, 15) is 4.79 Å². The van der Waals surface area contributed by atoms with Crippen LogP contribution >= 0.6 is 0 Å². The van der Waals surface area contributed by atoms with Gasteiger partial charge < -0.3 is 9.80 Å². The molecule has 2 aromatic rings. The quantitative estimate of drug-likeness (QED) is 0.393. The zero-order chi connectivity index (χ0) is 25.6. The van der Waals surface area contributed by atoms with Gasteiger partial charge in [0.1, 0.15) is 0 Å². The Hall–Kier alpha value is -2.13. The number of amides is 1. The van der Waals surface area contributed by atoms with Gasteiger partial charge in [0.2, 0.25) is 5.91 Å². The molecule has 3 nitrogen and oxygen atoms in total. The number of aryl methyl sites for hydroxylation is 2. The highest BCUT2D eigenvalue weighted by Crippen LogP contribution is 2.47. The zero-order valence-corrected chi connectivity index (χ0v) is 23.3. The van der Waals surface area contributed by atoms with E-state index in [0.717, 1.165) is 19.4 Å². The zero-order valence-electron chi connectivity index (χ0n) is 23.3. The van der Waals surface area contributed by atoms with Crippen molar-refractivity contribution in [2.45, 2.75) is 95.8 Å². The summed E-state index contributed by atoms with van der Waals surface area (Å²) < 4.78 is 0.